The van der Waals surface area contributed by atoms with E-state index in [0.29, 0.717) is 25.7 Å². The van der Waals surface area contributed by atoms with Crippen LogP contribution in [0.3, 0.4) is 0 Å². The Morgan fingerprint density at radius 3 is 0.586 bits per heavy atom. The van der Waals surface area contributed by atoms with Crippen molar-refractivity contribution >= 4 is 39.5 Å². The molecule has 0 saturated carbocycles. The fourth-order valence-electron chi connectivity index (χ4n) is 15.4. The van der Waals surface area contributed by atoms with Crippen molar-refractivity contribution in [3.8, 4) is 0 Å². The van der Waals surface area contributed by atoms with Gasteiger partial charge in [-0.1, -0.05) is 484 Å². The molecule has 116 heavy (non-hydrogen) atoms. The smallest absolute Gasteiger partial charge is 0.462 e. The van der Waals surface area contributed by atoms with Gasteiger partial charge in [0.25, 0.3) is 0 Å². The van der Waals surface area contributed by atoms with Crippen molar-refractivity contribution in [2.75, 3.05) is 39.6 Å². The van der Waals surface area contributed by atoms with Gasteiger partial charge in [0.2, 0.25) is 0 Å². The number of aliphatic hydroxyl groups excluding tert-OH is 1. The van der Waals surface area contributed by atoms with Gasteiger partial charge in [0.05, 0.1) is 26.4 Å². The van der Waals surface area contributed by atoms with E-state index in [-0.39, 0.29) is 25.7 Å². The highest BCUT2D eigenvalue weighted by molar-refractivity contribution is 7.47. The molecule has 0 amide bonds. The first-order valence-electron chi connectivity index (χ1n) is 50.1. The molecule has 0 aromatic carbocycles. The van der Waals surface area contributed by atoms with Crippen molar-refractivity contribution < 1.29 is 80.2 Å². The van der Waals surface area contributed by atoms with E-state index in [2.05, 4.69) is 34.6 Å². The highest BCUT2D eigenvalue weighted by Gasteiger charge is 2.31. The molecule has 0 fully saturated rings. The van der Waals surface area contributed by atoms with Crippen molar-refractivity contribution in [2.24, 2.45) is 5.92 Å². The Balaban J connectivity index is 5.21. The highest BCUT2D eigenvalue weighted by Crippen LogP contribution is 2.45. The predicted octanol–water partition coefficient (Wildman–Crippen LogP) is 30.7. The Labute approximate surface area is 715 Å². The van der Waals surface area contributed by atoms with Gasteiger partial charge in [0, 0.05) is 25.7 Å². The van der Waals surface area contributed by atoms with E-state index in [1.165, 1.54) is 360 Å². The predicted molar refractivity (Wildman–Crippen MR) is 483 cm³/mol. The molecule has 690 valence electrons. The average molecular weight is 1690 g/mol. The number of phosphoric acid groups is 2. The van der Waals surface area contributed by atoms with E-state index < -0.39 is 97.5 Å². The normalized spacial score (nSPS) is 13.6. The van der Waals surface area contributed by atoms with Crippen LogP contribution in [0.4, 0.5) is 0 Å². The molecule has 0 aromatic rings. The molecule has 2 unspecified atom stereocenters. The number of rotatable bonds is 97. The molecular formula is C97H190O17P2. The van der Waals surface area contributed by atoms with Crippen molar-refractivity contribution in [3.05, 3.63) is 0 Å². The molecule has 19 heteroatoms. The van der Waals surface area contributed by atoms with Crippen molar-refractivity contribution in [1.82, 2.24) is 0 Å². The molecule has 0 aliphatic heterocycles. The maximum absolute atomic E-state index is 13.2. The van der Waals surface area contributed by atoms with Crippen LogP contribution in [0.15, 0.2) is 0 Å². The van der Waals surface area contributed by atoms with Crippen LogP contribution in [-0.2, 0) is 65.4 Å². The first-order chi connectivity index (χ1) is 56.5. The van der Waals surface area contributed by atoms with E-state index >= 15 is 0 Å². The summed E-state index contributed by atoms with van der Waals surface area (Å²) in [6, 6.07) is 0. The van der Waals surface area contributed by atoms with Gasteiger partial charge in [-0.3, -0.25) is 37.3 Å². The summed E-state index contributed by atoms with van der Waals surface area (Å²) in [6.45, 7) is 7.46. The van der Waals surface area contributed by atoms with Crippen LogP contribution in [0, 0.1) is 5.92 Å². The largest absolute Gasteiger partial charge is 0.472 e. The first kappa shape index (κ1) is 114. The molecule has 0 rings (SSSR count). The average Bonchev–Trinajstić information content (AvgIpc) is 0.897. The second-order valence-corrected chi connectivity index (χ2v) is 38.2. The minimum Gasteiger partial charge on any atom is -0.462 e. The summed E-state index contributed by atoms with van der Waals surface area (Å²) in [5, 5.41) is 10.7. The van der Waals surface area contributed by atoms with Crippen molar-refractivity contribution in [3.63, 3.8) is 0 Å². The zero-order valence-corrected chi connectivity index (χ0v) is 78.4. The van der Waals surface area contributed by atoms with Crippen LogP contribution in [0.1, 0.15) is 535 Å². The summed E-state index contributed by atoms with van der Waals surface area (Å²) < 4.78 is 69.2. The van der Waals surface area contributed by atoms with Crippen LogP contribution in [0.5, 0.6) is 0 Å². The molecule has 5 atom stereocenters. The number of phosphoric ester groups is 2. The fraction of sp³-hybridized carbons (Fsp3) is 0.959. The van der Waals surface area contributed by atoms with Gasteiger partial charge in [-0.15, -0.1) is 0 Å². The number of unbranched alkanes of at least 4 members (excludes halogenated alkanes) is 69. The highest BCUT2D eigenvalue weighted by atomic mass is 31.2. The third-order valence-corrected chi connectivity index (χ3v) is 24.9. The minimum absolute atomic E-state index is 0.109. The third kappa shape index (κ3) is 89.8. The van der Waals surface area contributed by atoms with Crippen LogP contribution < -0.4 is 0 Å². The lowest BCUT2D eigenvalue weighted by molar-refractivity contribution is -0.161. The molecule has 0 radical (unpaired) electrons. The van der Waals surface area contributed by atoms with Gasteiger partial charge in [-0.2, -0.15) is 0 Å². The fourth-order valence-corrected chi connectivity index (χ4v) is 17.0. The lowest BCUT2D eigenvalue weighted by Gasteiger charge is -2.21. The zero-order chi connectivity index (χ0) is 84.7. The van der Waals surface area contributed by atoms with Gasteiger partial charge in [0.15, 0.2) is 12.2 Å². The summed E-state index contributed by atoms with van der Waals surface area (Å²) in [6.07, 6.45) is 87.8. The monoisotopic (exact) mass is 1690 g/mol. The van der Waals surface area contributed by atoms with Crippen molar-refractivity contribution in [1.29, 1.82) is 0 Å². The topological polar surface area (TPSA) is 237 Å². The third-order valence-electron chi connectivity index (χ3n) is 23.0. The summed E-state index contributed by atoms with van der Waals surface area (Å²) in [7, 11) is -9.94. The summed E-state index contributed by atoms with van der Waals surface area (Å²) >= 11 is 0. The van der Waals surface area contributed by atoms with E-state index in [1.807, 2.05) is 0 Å². The number of carbonyl (C=O) groups is 4. The number of hydrogen-bond acceptors (Lipinski definition) is 15. The maximum atomic E-state index is 13.2. The summed E-state index contributed by atoms with van der Waals surface area (Å²) in [4.78, 5) is 73.6. The first-order valence-corrected chi connectivity index (χ1v) is 53.1. The SMILES string of the molecule is CCCCCCCCCCCCCCCCCCCCCCCCC(=O)OC[C@H](COP(=O)(O)OC[C@@H](O)COP(=O)(O)OC[C@@H](COC(=O)CCCCCCCCCCCCC)OC(=O)CCCCCCCCCCCCCCCCCCCCC(C)C)OC(=O)CCCCCCCCCCCCCCCCCCCCCCCC. The summed E-state index contributed by atoms with van der Waals surface area (Å²) in [5.74, 6) is -1.27. The van der Waals surface area contributed by atoms with Gasteiger partial charge in [0.1, 0.15) is 19.3 Å². The van der Waals surface area contributed by atoms with Gasteiger partial charge >= 0.3 is 39.5 Å². The Bertz CT molecular complexity index is 2190. The molecular weight excluding hydrogens is 1500 g/mol. The number of hydrogen-bond donors (Lipinski definition) is 3. The Hall–Kier alpha value is -1.94. The molecule has 0 spiro atoms. The molecule has 3 N–H and O–H groups in total. The van der Waals surface area contributed by atoms with Crippen LogP contribution >= 0.6 is 15.6 Å². The minimum atomic E-state index is -4.97. The molecule has 0 heterocycles. The molecule has 0 saturated heterocycles. The standard InChI is InChI=1S/C97H190O17P2/c1-6-9-12-15-18-21-24-26-28-30-32-34-36-38-43-47-51-56-61-66-71-76-81-95(100)108-87-93(114-97(102)83-77-72-67-62-57-52-48-44-39-37-35-33-31-29-27-25-22-19-16-13-10-7-2)89-112-116(105,106)110-85-91(98)84-109-115(103,104)111-88-92(86-107-94(99)80-75-70-65-60-54-23-20-17-14-11-8-3)113-96(101)82-78-73-68-63-58-53-49-45-41-40-42-46-50-55-59-64-69-74-79-90(4)5/h90-93,98H,6-89H2,1-5H3,(H,103,104)(H,105,106)/t91-,92+,93+/m0/s1. The lowest BCUT2D eigenvalue weighted by Crippen LogP contribution is -2.30. The van der Waals surface area contributed by atoms with E-state index in [9.17, 15) is 43.2 Å². The second-order valence-electron chi connectivity index (χ2n) is 35.3. The quantitative estimate of drug-likeness (QED) is 0.0222. The van der Waals surface area contributed by atoms with Crippen LogP contribution in [0.25, 0.3) is 0 Å². The van der Waals surface area contributed by atoms with Gasteiger partial charge in [-0.25, -0.2) is 9.13 Å². The maximum Gasteiger partial charge on any atom is 0.472 e. The Morgan fingerprint density at radius 2 is 0.397 bits per heavy atom. The molecule has 0 aromatic heterocycles. The number of aliphatic hydroxyl groups is 1. The molecule has 0 aliphatic rings. The zero-order valence-electron chi connectivity index (χ0n) is 76.7. The molecule has 0 bridgehead atoms. The lowest BCUT2D eigenvalue weighted by atomic mass is 10.0. The van der Waals surface area contributed by atoms with E-state index in [1.54, 1.807) is 0 Å². The number of esters is 4. The van der Waals surface area contributed by atoms with Crippen molar-refractivity contribution in [2.45, 2.75) is 554 Å². The van der Waals surface area contributed by atoms with Crippen LogP contribution in [-0.4, -0.2) is 96.7 Å². The van der Waals surface area contributed by atoms with Gasteiger partial charge < -0.3 is 33.8 Å². The summed E-state index contributed by atoms with van der Waals surface area (Å²) in [5.41, 5.74) is 0. The molecule has 17 nitrogen and oxygen atoms in total. The van der Waals surface area contributed by atoms with Crippen LogP contribution in [0.2, 0.25) is 0 Å². The van der Waals surface area contributed by atoms with Gasteiger partial charge in [-0.05, 0) is 31.6 Å². The van der Waals surface area contributed by atoms with E-state index in [0.717, 1.165) is 95.8 Å². The Morgan fingerprint density at radius 1 is 0.233 bits per heavy atom. The second kappa shape index (κ2) is 89.3. The number of carbonyl (C=O) groups excluding carboxylic acids is 4. The Kier molecular flexibility index (Phi) is 87.8. The molecule has 0 aliphatic carbocycles. The number of ether oxygens (including phenoxy) is 4. The van der Waals surface area contributed by atoms with E-state index in [4.69, 9.17) is 37.0 Å².